The Labute approximate surface area is 186 Å². The summed E-state index contributed by atoms with van der Waals surface area (Å²) in [6.45, 7) is 2.06. The van der Waals surface area contributed by atoms with Gasteiger partial charge in [0.05, 0.1) is 20.7 Å². The van der Waals surface area contributed by atoms with Crippen LogP contribution in [0.3, 0.4) is 0 Å². The summed E-state index contributed by atoms with van der Waals surface area (Å²) < 4.78 is 1.80. The zero-order valence-electron chi connectivity index (χ0n) is 15.8. The second kappa shape index (κ2) is 9.75. The van der Waals surface area contributed by atoms with Gasteiger partial charge in [0.15, 0.2) is 11.0 Å². The Balaban J connectivity index is 1.76. The van der Waals surface area contributed by atoms with E-state index in [1.54, 1.807) is 23.6 Å². The molecule has 0 fully saturated rings. The average molecular weight is 461 g/mol. The molecule has 0 spiro atoms. The number of hydrogen-bond donors (Lipinski definition) is 2. The number of thiophene rings is 1. The minimum atomic E-state index is -0.507. The molecule has 11 heteroatoms. The first kappa shape index (κ1) is 21.8. The maximum atomic E-state index is 12.6. The average Bonchev–Trinajstić information content (AvgIpc) is 3.36. The standard InChI is InChI=1S/C19H17ClN6O2S2/c1-11(18(28)23-13-5-4-12(10-21)14(20)9-13)30-19-25-24-17(15-3-2-8-29-15)26(19)7-6-16(22)27/h2-5,8-9,11H,6-7H2,1H3,(H2,22,27)(H,23,28). The van der Waals surface area contributed by atoms with Gasteiger partial charge in [0, 0.05) is 18.7 Å². The highest BCUT2D eigenvalue weighted by Gasteiger charge is 2.22. The highest BCUT2D eigenvalue weighted by atomic mass is 35.5. The molecule has 3 aromatic rings. The normalized spacial score (nSPS) is 11.6. The molecule has 0 aliphatic rings. The molecule has 3 rings (SSSR count). The van der Waals surface area contributed by atoms with E-state index in [-0.39, 0.29) is 17.4 Å². The van der Waals surface area contributed by atoms with E-state index in [1.165, 1.54) is 29.2 Å². The summed E-state index contributed by atoms with van der Waals surface area (Å²) in [5.74, 6) is -0.0663. The van der Waals surface area contributed by atoms with Crippen LogP contribution in [-0.2, 0) is 16.1 Å². The second-order valence-corrected chi connectivity index (χ2v) is 8.87. The predicted molar refractivity (Wildman–Crippen MR) is 117 cm³/mol. The van der Waals surface area contributed by atoms with Crippen molar-refractivity contribution >= 4 is 52.2 Å². The summed E-state index contributed by atoms with van der Waals surface area (Å²) in [6, 6.07) is 10.5. The number of anilines is 1. The van der Waals surface area contributed by atoms with Gasteiger partial charge in [0.1, 0.15) is 6.07 Å². The molecule has 0 bridgehead atoms. The van der Waals surface area contributed by atoms with E-state index in [0.717, 1.165) is 4.88 Å². The number of carbonyl (C=O) groups is 2. The van der Waals surface area contributed by atoms with E-state index in [4.69, 9.17) is 22.6 Å². The fourth-order valence-corrected chi connectivity index (χ4v) is 4.34. The molecule has 2 aromatic heterocycles. The SMILES string of the molecule is CC(Sc1nnc(-c2cccs2)n1CCC(N)=O)C(=O)Nc1ccc(C#N)c(Cl)c1. The molecule has 0 aliphatic carbocycles. The molecule has 30 heavy (non-hydrogen) atoms. The van der Waals surface area contributed by atoms with Gasteiger partial charge in [-0.25, -0.2) is 0 Å². The molecule has 0 aliphatic heterocycles. The van der Waals surface area contributed by atoms with Crippen LogP contribution >= 0.6 is 34.7 Å². The molecular weight excluding hydrogens is 444 g/mol. The van der Waals surface area contributed by atoms with Gasteiger partial charge in [-0.3, -0.25) is 9.59 Å². The Morgan fingerprint density at radius 2 is 2.20 bits per heavy atom. The van der Waals surface area contributed by atoms with Crippen molar-refractivity contribution in [1.82, 2.24) is 14.8 Å². The lowest BCUT2D eigenvalue weighted by Crippen LogP contribution is -2.23. The number of nitrogens with one attached hydrogen (secondary N) is 1. The lowest BCUT2D eigenvalue weighted by Gasteiger charge is -2.13. The van der Waals surface area contributed by atoms with E-state index in [1.807, 2.05) is 23.6 Å². The van der Waals surface area contributed by atoms with Crippen LogP contribution in [0.15, 0.2) is 40.9 Å². The van der Waals surface area contributed by atoms with Crippen molar-refractivity contribution < 1.29 is 9.59 Å². The van der Waals surface area contributed by atoms with Crippen molar-refractivity contribution in [3.63, 3.8) is 0 Å². The fourth-order valence-electron chi connectivity index (χ4n) is 2.53. The van der Waals surface area contributed by atoms with E-state index < -0.39 is 11.2 Å². The van der Waals surface area contributed by atoms with Crippen LogP contribution in [0, 0.1) is 11.3 Å². The monoisotopic (exact) mass is 460 g/mol. The first-order valence-electron chi connectivity index (χ1n) is 8.81. The van der Waals surface area contributed by atoms with Crippen molar-refractivity contribution in [3.05, 3.63) is 46.3 Å². The Kier molecular flexibility index (Phi) is 7.10. The number of primary amides is 1. The van der Waals surface area contributed by atoms with Gasteiger partial charge in [0.2, 0.25) is 11.8 Å². The number of thioether (sulfide) groups is 1. The molecule has 2 heterocycles. The number of nitriles is 1. The molecule has 1 aromatic carbocycles. The minimum Gasteiger partial charge on any atom is -0.370 e. The molecule has 154 valence electrons. The molecular formula is C19H17ClN6O2S2. The van der Waals surface area contributed by atoms with Crippen LogP contribution in [0.1, 0.15) is 18.9 Å². The fraction of sp³-hybridized carbons (Fsp3) is 0.211. The summed E-state index contributed by atoms with van der Waals surface area (Å²) in [5.41, 5.74) is 6.13. The summed E-state index contributed by atoms with van der Waals surface area (Å²) in [6.07, 6.45) is 0.133. The summed E-state index contributed by atoms with van der Waals surface area (Å²) >= 11 is 8.75. The number of nitrogens with zero attached hydrogens (tertiary/aromatic N) is 4. The molecule has 1 atom stereocenters. The van der Waals surface area contributed by atoms with Crippen molar-refractivity contribution in [2.75, 3.05) is 5.32 Å². The Morgan fingerprint density at radius 1 is 1.40 bits per heavy atom. The Bertz CT molecular complexity index is 1110. The van der Waals surface area contributed by atoms with Gasteiger partial charge in [-0.05, 0) is 36.6 Å². The molecule has 2 amide bonds. The van der Waals surface area contributed by atoms with E-state index >= 15 is 0 Å². The van der Waals surface area contributed by atoms with Gasteiger partial charge < -0.3 is 15.6 Å². The van der Waals surface area contributed by atoms with Gasteiger partial charge >= 0.3 is 0 Å². The van der Waals surface area contributed by atoms with Crippen LogP contribution in [0.25, 0.3) is 10.7 Å². The second-order valence-electron chi connectivity index (χ2n) is 6.21. The zero-order chi connectivity index (χ0) is 21.7. The van der Waals surface area contributed by atoms with Crippen LogP contribution < -0.4 is 11.1 Å². The third kappa shape index (κ3) is 5.18. The lowest BCUT2D eigenvalue weighted by atomic mass is 10.2. The molecule has 0 saturated heterocycles. The topological polar surface area (TPSA) is 127 Å². The maximum Gasteiger partial charge on any atom is 0.237 e. The third-order valence-corrected chi connectivity index (χ3v) is 6.31. The highest BCUT2D eigenvalue weighted by molar-refractivity contribution is 8.00. The molecule has 1 unspecified atom stereocenters. The van der Waals surface area contributed by atoms with Crippen molar-refractivity contribution in [2.45, 2.75) is 30.3 Å². The van der Waals surface area contributed by atoms with Gasteiger partial charge in [-0.15, -0.1) is 21.5 Å². The van der Waals surface area contributed by atoms with E-state index in [0.29, 0.717) is 28.8 Å². The zero-order valence-corrected chi connectivity index (χ0v) is 18.2. The number of rotatable bonds is 8. The van der Waals surface area contributed by atoms with Crippen molar-refractivity contribution in [2.24, 2.45) is 5.73 Å². The molecule has 0 radical (unpaired) electrons. The van der Waals surface area contributed by atoms with E-state index in [2.05, 4.69) is 15.5 Å². The predicted octanol–water partition coefficient (Wildman–Crippen LogP) is 3.53. The number of aromatic nitrogens is 3. The lowest BCUT2D eigenvalue weighted by molar-refractivity contribution is -0.118. The smallest absolute Gasteiger partial charge is 0.237 e. The van der Waals surface area contributed by atoms with Crippen LogP contribution in [0.2, 0.25) is 5.02 Å². The first-order chi connectivity index (χ1) is 14.4. The maximum absolute atomic E-state index is 12.6. The third-order valence-electron chi connectivity index (χ3n) is 4.05. The van der Waals surface area contributed by atoms with Crippen molar-refractivity contribution in [3.8, 4) is 16.8 Å². The number of hydrogen-bond acceptors (Lipinski definition) is 7. The molecule has 3 N–H and O–H groups in total. The first-order valence-corrected chi connectivity index (χ1v) is 11.0. The largest absolute Gasteiger partial charge is 0.370 e. The number of halogens is 1. The summed E-state index contributed by atoms with van der Waals surface area (Å²) in [7, 11) is 0. The quantitative estimate of drug-likeness (QED) is 0.495. The number of amides is 2. The van der Waals surface area contributed by atoms with Crippen LogP contribution in [0.5, 0.6) is 0 Å². The van der Waals surface area contributed by atoms with Gasteiger partial charge in [-0.2, -0.15) is 5.26 Å². The van der Waals surface area contributed by atoms with Gasteiger partial charge in [-0.1, -0.05) is 29.4 Å². The van der Waals surface area contributed by atoms with Crippen molar-refractivity contribution in [1.29, 1.82) is 5.26 Å². The van der Waals surface area contributed by atoms with Crippen LogP contribution in [-0.4, -0.2) is 31.8 Å². The molecule has 8 nitrogen and oxygen atoms in total. The minimum absolute atomic E-state index is 0.133. The van der Waals surface area contributed by atoms with Crippen LogP contribution in [0.4, 0.5) is 5.69 Å². The summed E-state index contributed by atoms with van der Waals surface area (Å²) in [5, 5.41) is 22.4. The number of carbonyl (C=O) groups excluding carboxylic acids is 2. The number of benzene rings is 1. The highest BCUT2D eigenvalue weighted by Crippen LogP contribution is 2.30. The van der Waals surface area contributed by atoms with Gasteiger partial charge in [0.25, 0.3) is 0 Å². The number of nitrogens with two attached hydrogens (primary N) is 1. The van der Waals surface area contributed by atoms with E-state index in [9.17, 15) is 9.59 Å². The summed E-state index contributed by atoms with van der Waals surface area (Å²) in [4.78, 5) is 24.8. The molecule has 0 saturated carbocycles. The Morgan fingerprint density at radius 3 is 2.83 bits per heavy atom. The Hall–Kier alpha value is -2.87.